The number of halogens is 4. The number of aliphatic hydroxyl groups is 1. The maximum absolute atomic E-state index is 14.2. The molecule has 0 saturated carbocycles. The maximum Gasteiger partial charge on any atom is 0.419 e. The molecule has 8 nitrogen and oxygen atoms in total. The van der Waals surface area contributed by atoms with Gasteiger partial charge in [0.1, 0.15) is 5.69 Å². The van der Waals surface area contributed by atoms with Gasteiger partial charge in [-0.1, -0.05) is 23.7 Å². The first-order valence-corrected chi connectivity index (χ1v) is 15.4. The van der Waals surface area contributed by atoms with Crippen molar-refractivity contribution in [1.29, 1.82) is 0 Å². The molecular weight excluding hydrogens is 595 g/mol. The fourth-order valence-corrected chi connectivity index (χ4v) is 7.30. The fraction of sp³-hybridized carbons (Fsp3) is 0.469. The zero-order chi connectivity index (χ0) is 31.1. The molecule has 1 spiro atoms. The zero-order valence-corrected chi connectivity index (χ0v) is 25.2. The molecule has 12 heteroatoms. The molecule has 6 rings (SSSR count). The van der Waals surface area contributed by atoms with Crippen LogP contribution in [-0.4, -0.2) is 89.3 Å². The lowest BCUT2D eigenvalue weighted by atomic mass is 9.69. The zero-order valence-electron chi connectivity index (χ0n) is 24.5. The standard InChI is InChI=1S/C32H35ClF3N5O3/c1-2-44-29-22(5-4-13-37-29)25-9-8-23-28(38-25)30(43)41(21-10-14-39(19-21)17-18-42)20-31(23)11-15-40(16-12-31)26-7-3-6-24(33)27(26)32(34,35)36/h3-9,13,21,42H,2,10-12,14-20H2,1H3. The number of ether oxygens (including phenoxy) is 1. The molecule has 44 heavy (non-hydrogen) atoms. The first kappa shape index (κ1) is 30.6. The number of nitrogens with zero attached hydrogens (tertiary/aromatic N) is 5. The lowest BCUT2D eigenvalue weighted by molar-refractivity contribution is -0.137. The van der Waals surface area contributed by atoms with Gasteiger partial charge in [-0.2, -0.15) is 13.2 Å². The number of benzene rings is 1. The van der Waals surface area contributed by atoms with Crippen LogP contribution in [0.3, 0.4) is 0 Å². The van der Waals surface area contributed by atoms with Crippen molar-refractivity contribution in [3.05, 3.63) is 70.5 Å². The van der Waals surface area contributed by atoms with Gasteiger partial charge in [0.25, 0.3) is 5.91 Å². The van der Waals surface area contributed by atoms with Crippen LogP contribution in [0.15, 0.2) is 48.7 Å². The summed E-state index contributed by atoms with van der Waals surface area (Å²) in [6.45, 7) is 5.51. The molecule has 3 aromatic rings. The second kappa shape index (κ2) is 12.2. The first-order valence-electron chi connectivity index (χ1n) is 15.0. The summed E-state index contributed by atoms with van der Waals surface area (Å²) in [5, 5.41) is 9.16. The van der Waals surface area contributed by atoms with Crippen molar-refractivity contribution in [3.8, 4) is 17.1 Å². The predicted octanol–water partition coefficient (Wildman–Crippen LogP) is 5.28. The summed E-state index contributed by atoms with van der Waals surface area (Å²) in [5.74, 6) is 0.282. The van der Waals surface area contributed by atoms with Crippen molar-refractivity contribution < 1.29 is 27.8 Å². The number of amides is 1. The Balaban J connectivity index is 1.37. The third-order valence-corrected chi connectivity index (χ3v) is 9.49. The van der Waals surface area contributed by atoms with Gasteiger partial charge < -0.3 is 19.6 Å². The number of β-amino-alcohol motifs (C(OH)–C–C–N with tert-alkyl or cyclic N) is 1. The molecule has 3 aliphatic heterocycles. The average molecular weight is 630 g/mol. The minimum atomic E-state index is -4.58. The highest BCUT2D eigenvalue weighted by atomic mass is 35.5. The number of aromatic nitrogens is 2. The van der Waals surface area contributed by atoms with Crippen LogP contribution in [0.2, 0.25) is 5.02 Å². The van der Waals surface area contributed by atoms with E-state index < -0.39 is 17.2 Å². The molecule has 1 aromatic carbocycles. The number of aliphatic hydroxyl groups excluding tert-OH is 1. The number of alkyl halides is 3. The summed E-state index contributed by atoms with van der Waals surface area (Å²) in [6.07, 6.45) is -1.08. The molecule has 0 radical (unpaired) electrons. The number of carbonyl (C=O) groups excluding carboxylic acids is 1. The van der Waals surface area contributed by atoms with Crippen LogP contribution in [0.4, 0.5) is 18.9 Å². The molecule has 1 N–H and O–H groups in total. The summed E-state index contributed by atoms with van der Waals surface area (Å²) in [5.41, 5.74) is 1.23. The van der Waals surface area contributed by atoms with Crippen LogP contribution >= 0.6 is 11.6 Å². The second-order valence-corrected chi connectivity index (χ2v) is 12.1. The fourth-order valence-electron chi connectivity index (χ4n) is 7.02. The van der Waals surface area contributed by atoms with Crippen molar-refractivity contribution in [3.63, 3.8) is 0 Å². The molecule has 5 heterocycles. The van der Waals surface area contributed by atoms with Crippen molar-refractivity contribution in [2.45, 2.75) is 43.8 Å². The number of carbonyl (C=O) groups is 1. The molecule has 234 valence electrons. The van der Waals surface area contributed by atoms with Gasteiger partial charge in [-0.3, -0.25) is 9.69 Å². The van der Waals surface area contributed by atoms with Crippen LogP contribution in [0.1, 0.15) is 47.8 Å². The monoisotopic (exact) mass is 629 g/mol. The number of rotatable bonds is 7. The Hall–Kier alpha value is -3.41. The minimum absolute atomic E-state index is 0.0465. The van der Waals surface area contributed by atoms with Gasteiger partial charge in [-0.15, -0.1) is 0 Å². The molecule has 2 aromatic heterocycles. The second-order valence-electron chi connectivity index (χ2n) is 11.7. The quantitative estimate of drug-likeness (QED) is 0.381. The number of hydrogen-bond donors (Lipinski definition) is 1. The molecule has 1 atom stereocenters. The van der Waals surface area contributed by atoms with Gasteiger partial charge in [0.05, 0.1) is 40.7 Å². The van der Waals surface area contributed by atoms with E-state index in [4.69, 9.17) is 21.3 Å². The summed E-state index contributed by atoms with van der Waals surface area (Å²) in [4.78, 5) is 29.3. The number of anilines is 1. The first-order chi connectivity index (χ1) is 21.1. The summed E-state index contributed by atoms with van der Waals surface area (Å²) in [7, 11) is 0. The van der Waals surface area contributed by atoms with Crippen molar-refractivity contribution in [2.24, 2.45) is 0 Å². The molecule has 2 fully saturated rings. The average Bonchev–Trinajstić information content (AvgIpc) is 3.47. The third-order valence-electron chi connectivity index (χ3n) is 9.17. The Morgan fingerprint density at radius 2 is 1.91 bits per heavy atom. The van der Waals surface area contributed by atoms with E-state index in [1.807, 2.05) is 30.0 Å². The molecule has 3 aliphatic rings. The normalized spacial score (nSPS) is 20.3. The number of pyridine rings is 2. The highest BCUT2D eigenvalue weighted by Crippen LogP contribution is 2.47. The van der Waals surface area contributed by atoms with Crippen molar-refractivity contribution >= 4 is 23.2 Å². The molecule has 0 aliphatic carbocycles. The molecule has 2 saturated heterocycles. The van der Waals surface area contributed by atoms with Crippen LogP contribution in [0, 0.1) is 0 Å². The number of fused-ring (bicyclic) bond motifs is 2. The SMILES string of the molecule is CCOc1ncccc1-c1ccc2c(n1)C(=O)N(C1CCN(CCO)C1)CC21CCN(c2cccc(Cl)c2C(F)(F)F)CC1. The molecule has 0 bridgehead atoms. The van der Waals surface area contributed by atoms with Gasteiger partial charge in [0.15, 0.2) is 0 Å². The van der Waals surface area contributed by atoms with E-state index in [0.29, 0.717) is 75.0 Å². The van der Waals surface area contributed by atoms with Crippen LogP contribution in [0.5, 0.6) is 5.88 Å². The van der Waals surface area contributed by atoms with Gasteiger partial charge in [-0.05, 0) is 62.1 Å². The molecule has 1 unspecified atom stereocenters. The Morgan fingerprint density at radius 1 is 1.11 bits per heavy atom. The third kappa shape index (κ3) is 5.61. The van der Waals surface area contributed by atoms with E-state index in [9.17, 15) is 23.1 Å². The van der Waals surface area contributed by atoms with E-state index in [-0.39, 0.29) is 29.3 Å². The van der Waals surface area contributed by atoms with Crippen molar-refractivity contribution in [1.82, 2.24) is 19.8 Å². The number of likely N-dealkylation sites (tertiary alicyclic amines) is 1. The van der Waals surface area contributed by atoms with E-state index in [0.717, 1.165) is 18.5 Å². The van der Waals surface area contributed by atoms with E-state index >= 15 is 0 Å². The molecule has 1 amide bonds. The Morgan fingerprint density at radius 3 is 2.64 bits per heavy atom. The summed E-state index contributed by atoms with van der Waals surface area (Å²) >= 11 is 6.05. The lowest BCUT2D eigenvalue weighted by Gasteiger charge is -2.50. The van der Waals surface area contributed by atoms with E-state index in [2.05, 4.69) is 9.88 Å². The van der Waals surface area contributed by atoms with Crippen molar-refractivity contribution in [2.75, 3.05) is 57.4 Å². The molecular formula is C32H35ClF3N5O3. The van der Waals surface area contributed by atoms with Gasteiger partial charge in [0.2, 0.25) is 5.88 Å². The van der Waals surface area contributed by atoms with Gasteiger partial charge in [-0.25, -0.2) is 9.97 Å². The smallest absolute Gasteiger partial charge is 0.419 e. The predicted molar refractivity (Wildman–Crippen MR) is 161 cm³/mol. The summed E-state index contributed by atoms with van der Waals surface area (Å²) < 4.78 is 47.8. The van der Waals surface area contributed by atoms with Gasteiger partial charge in [0, 0.05) is 56.9 Å². The largest absolute Gasteiger partial charge is 0.477 e. The Labute approximate surface area is 259 Å². The van der Waals surface area contributed by atoms with Crippen LogP contribution in [0.25, 0.3) is 11.3 Å². The topological polar surface area (TPSA) is 82.0 Å². The minimum Gasteiger partial charge on any atom is -0.477 e. The maximum atomic E-state index is 14.2. The van der Waals surface area contributed by atoms with Crippen LogP contribution in [-0.2, 0) is 11.6 Å². The van der Waals surface area contributed by atoms with E-state index in [1.54, 1.807) is 23.2 Å². The highest BCUT2D eigenvalue weighted by Gasteiger charge is 2.49. The number of hydrogen-bond acceptors (Lipinski definition) is 7. The van der Waals surface area contributed by atoms with E-state index in [1.165, 1.54) is 12.1 Å². The van der Waals surface area contributed by atoms with Gasteiger partial charge >= 0.3 is 6.18 Å². The Kier molecular flexibility index (Phi) is 8.47. The van der Waals surface area contributed by atoms with Crippen LogP contribution < -0.4 is 9.64 Å². The Bertz CT molecular complexity index is 1530. The highest BCUT2D eigenvalue weighted by molar-refractivity contribution is 6.31. The lowest BCUT2D eigenvalue weighted by Crippen LogP contribution is -2.57. The number of piperidine rings is 1. The summed E-state index contributed by atoms with van der Waals surface area (Å²) in [6, 6.07) is 11.7.